The van der Waals surface area contributed by atoms with Crippen molar-refractivity contribution in [2.75, 3.05) is 26.2 Å². The molecule has 142 valence electrons. The normalized spacial score (nSPS) is 18.9. The van der Waals surface area contributed by atoms with Crippen LogP contribution in [-0.4, -0.2) is 49.3 Å². The highest BCUT2D eigenvalue weighted by molar-refractivity contribution is 6.30. The lowest BCUT2D eigenvalue weighted by Gasteiger charge is -2.31. The average Bonchev–Trinajstić information content (AvgIpc) is 3.43. The molecule has 1 aliphatic carbocycles. The fraction of sp³-hybridized carbons (Fsp3) is 0.579. The maximum absolute atomic E-state index is 12.2. The number of halogens is 1. The van der Waals surface area contributed by atoms with Crippen LogP contribution in [-0.2, 0) is 10.2 Å². The molecular weight excluding hydrogens is 354 g/mol. The molecule has 3 rings (SSSR count). The lowest BCUT2D eigenvalue weighted by Crippen LogP contribution is -2.50. The fourth-order valence-electron chi connectivity index (χ4n) is 3.43. The summed E-state index contributed by atoms with van der Waals surface area (Å²) in [6.45, 7) is 4.03. The van der Waals surface area contributed by atoms with Gasteiger partial charge >= 0.3 is 12.1 Å². The number of nitrogens with one attached hydrogen (secondary N) is 2. The molecule has 0 radical (unpaired) electrons. The van der Waals surface area contributed by atoms with Crippen LogP contribution in [0.4, 0.5) is 9.59 Å². The van der Waals surface area contributed by atoms with Crippen LogP contribution in [0.3, 0.4) is 0 Å². The highest BCUT2D eigenvalue weighted by Gasteiger charge is 2.44. The summed E-state index contributed by atoms with van der Waals surface area (Å²) in [6, 6.07) is 7.83. The average molecular weight is 380 g/mol. The minimum atomic E-state index is -0.269. The Morgan fingerprint density at radius 2 is 1.88 bits per heavy atom. The summed E-state index contributed by atoms with van der Waals surface area (Å²) in [5.41, 5.74) is 1.28. The standard InChI is InChI=1S/C19H26ClN3O3/c1-2-26-18(25)23-11-7-16(8-12-23)22-17(24)21-13-19(9-10-19)14-3-5-15(20)6-4-14/h3-6,16H,2,7-13H2,1H3,(H2,21,22,24). The molecule has 1 aromatic rings. The molecule has 6 nitrogen and oxygen atoms in total. The Morgan fingerprint density at radius 1 is 1.23 bits per heavy atom. The van der Waals surface area contributed by atoms with Crippen molar-refractivity contribution in [3.8, 4) is 0 Å². The molecule has 1 saturated carbocycles. The van der Waals surface area contributed by atoms with Crippen molar-refractivity contribution in [1.29, 1.82) is 0 Å². The molecule has 7 heteroatoms. The Hall–Kier alpha value is -1.95. The van der Waals surface area contributed by atoms with E-state index >= 15 is 0 Å². The molecule has 26 heavy (non-hydrogen) atoms. The predicted octanol–water partition coefficient (Wildman–Crippen LogP) is 3.29. The number of hydrogen-bond acceptors (Lipinski definition) is 3. The first-order chi connectivity index (χ1) is 12.5. The number of hydrogen-bond donors (Lipinski definition) is 2. The van der Waals surface area contributed by atoms with Crippen molar-refractivity contribution in [2.24, 2.45) is 0 Å². The van der Waals surface area contributed by atoms with Gasteiger partial charge in [-0.25, -0.2) is 9.59 Å². The zero-order chi connectivity index (χ0) is 18.6. The van der Waals surface area contributed by atoms with Crippen LogP contribution in [0.15, 0.2) is 24.3 Å². The van der Waals surface area contributed by atoms with E-state index in [1.807, 2.05) is 24.3 Å². The van der Waals surface area contributed by atoms with Crippen LogP contribution in [0.25, 0.3) is 0 Å². The number of piperidine rings is 1. The van der Waals surface area contributed by atoms with E-state index in [4.69, 9.17) is 16.3 Å². The smallest absolute Gasteiger partial charge is 0.409 e. The number of benzene rings is 1. The molecule has 2 aliphatic rings. The van der Waals surface area contributed by atoms with E-state index in [9.17, 15) is 9.59 Å². The molecule has 0 unspecified atom stereocenters. The van der Waals surface area contributed by atoms with E-state index in [1.54, 1.807) is 11.8 Å². The summed E-state index contributed by atoms with van der Waals surface area (Å²) in [6.07, 6.45) is 3.37. The first kappa shape index (κ1) is 18.8. The van der Waals surface area contributed by atoms with Gasteiger partial charge in [-0.1, -0.05) is 23.7 Å². The second-order valence-electron chi connectivity index (χ2n) is 7.07. The molecule has 0 bridgehead atoms. The van der Waals surface area contributed by atoms with Crippen LogP contribution >= 0.6 is 11.6 Å². The molecule has 1 aromatic carbocycles. The van der Waals surface area contributed by atoms with Gasteiger partial charge in [-0.3, -0.25) is 0 Å². The lowest BCUT2D eigenvalue weighted by molar-refractivity contribution is 0.0957. The van der Waals surface area contributed by atoms with Crippen LogP contribution in [0, 0.1) is 0 Å². The van der Waals surface area contributed by atoms with E-state index < -0.39 is 0 Å². The topological polar surface area (TPSA) is 70.7 Å². The predicted molar refractivity (Wildman–Crippen MR) is 101 cm³/mol. The highest BCUT2D eigenvalue weighted by atomic mass is 35.5. The number of ether oxygens (including phenoxy) is 1. The van der Waals surface area contributed by atoms with E-state index in [-0.39, 0.29) is 23.6 Å². The summed E-state index contributed by atoms with van der Waals surface area (Å²) in [5.74, 6) is 0. The maximum atomic E-state index is 12.2. The van der Waals surface area contributed by atoms with E-state index in [0.29, 0.717) is 26.2 Å². The molecule has 1 heterocycles. The van der Waals surface area contributed by atoms with Crippen molar-refractivity contribution >= 4 is 23.7 Å². The second kappa shape index (κ2) is 8.16. The molecule has 1 saturated heterocycles. The van der Waals surface area contributed by atoms with Gasteiger partial charge in [0.25, 0.3) is 0 Å². The van der Waals surface area contributed by atoms with Crippen molar-refractivity contribution in [2.45, 2.75) is 44.1 Å². The Balaban J connectivity index is 1.41. The van der Waals surface area contributed by atoms with Gasteiger partial charge in [0.05, 0.1) is 6.61 Å². The number of likely N-dealkylation sites (tertiary alicyclic amines) is 1. The van der Waals surface area contributed by atoms with Crippen molar-refractivity contribution < 1.29 is 14.3 Å². The Bertz CT molecular complexity index is 638. The number of amides is 3. The van der Waals surface area contributed by atoms with Crippen LogP contribution in [0.5, 0.6) is 0 Å². The molecule has 0 aromatic heterocycles. The molecule has 2 fully saturated rings. The molecule has 0 spiro atoms. The Kier molecular flexibility index (Phi) is 5.91. The maximum Gasteiger partial charge on any atom is 0.409 e. The third-order valence-corrected chi connectivity index (χ3v) is 5.51. The van der Waals surface area contributed by atoms with Crippen LogP contribution in [0.1, 0.15) is 38.2 Å². The Morgan fingerprint density at radius 3 is 2.46 bits per heavy atom. The van der Waals surface area contributed by atoms with Gasteiger partial charge in [0.2, 0.25) is 0 Å². The zero-order valence-corrected chi connectivity index (χ0v) is 15.8. The Labute approximate surface area is 159 Å². The van der Waals surface area contributed by atoms with Crippen molar-refractivity contribution in [3.63, 3.8) is 0 Å². The molecule has 3 amide bonds. The summed E-state index contributed by atoms with van der Waals surface area (Å²) < 4.78 is 5.01. The van der Waals surface area contributed by atoms with Gasteiger partial charge in [0.15, 0.2) is 0 Å². The highest BCUT2D eigenvalue weighted by Crippen LogP contribution is 2.47. The SMILES string of the molecule is CCOC(=O)N1CCC(NC(=O)NCC2(c3ccc(Cl)cc3)CC2)CC1. The van der Waals surface area contributed by atoms with Crippen LogP contribution in [0.2, 0.25) is 5.02 Å². The molecule has 1 aliphatic heterocycles. The number of carbonyl (C=O) groups is 2. The summed E-state index contributed by atoms with van der Waals surface area (Å²) >= 11 is 5.95. The van der Waals surface area contributed by atoms with Crippen molar-refractivity contribution in [1.82, 2.24) is 15.5 Å². The largest absolute Gasteiger partial charge is 0.450 e. The number of rotatable bonds is 5. The van der Waals surface area contributed by atoms with Gasteiger partial charge in [-0.15, -0.1) is 0 Å². The van der Waals surface area contributed by atoms with E-state index in [2.05, 4.69) is 10.6 Å². The first-order valence-corrected chi connectivity index (χ1v) is 9.62. The third kappa shape index (κ3) is 4.61. The minimum absolute atomic E-state index is 0.0508. The molecule has 2 N–H and O–H groups in total. The third-order valence-electron chi connectivity index (χ3n) is 5.25. The van der Waals surface area contributed by atoms with Gasteiger partial charge in [-0.05, 0) is 50.3 Å². The summed E-state index contributed by atoms with van der Waals surface area (Å²) in [4.78, 5) is 25.6. The van der Waals surface area contributed by atoms with Crippen LogP contribution < -0.4 is 10.6 Å². The second-order valence-corrected chi connectivity index (χ2v) is 7.51. The van der Waals surface area contributed by atoms with Gasteiger partial charge in [0.1, 0.15) is 0 Å². The monoisotopic (exact) mass is 379 g/mol. The van der Waals surface area contributed by atoms with Crippen molar-refractivity contribution in [3.05, 3.63) is 34.9 Å². The van der Waals surface area contributed by atoms with E-state index in [1.165, 1.54) is 5.56 Å². The molecule has 0 atom stereocenters. The van der Waals surface area contributed by atoms with Gasteiger partial charge < -0.3 is 20.3 Å². The number of urea groups is 1. The lowest BCUT2D eigenvalue weighted by atomic mass is 9.96. The van der Waals surface area contributed by atoms with Gasteiger partial charge in [0, 0.05) is 36.1 Å². The first-order valence-electron chi connectivity index (χ1n) is 9.24. The molecular formula is C19H26ClN3O3. The fourth-order valence-corrected chi connectivity index (χ4v) is 3.55. The summed E-state index contributed by atoms with van der Waals surface area (Å²) in [5, 5.41) is 6.76. The quantitative estimate of drug-likeness (QED) is 0.824. The number of carbonyl (C=O) groups excluding carboxylic acids is 2. The number of nitrogens with zero attached hydrogens (tertiary/aromatic N) is 1. The van der Waals surface area contributed by atoms with Gasteiger partial charge in [-0.2, -0.15) is 0 Å². The van der Waals surface area contributed by atoms with E-state index in [0.717, 1.165) is 30.7 Å². The summed E-state index contributed by atoms with van der Waals surface area (Å²) in [7, 11) is 0. The zero-order valence-electron chi connectivity index (χ0n) is 15.1. The minimum Gasteiger partial charge on any atom is -0.450 e.